The summed E-state index contributed by atoms with van der Waals surface area (Å²) in [4.78, 5) is 0. The first-order chi connectivity index (χ1) is 21.4. The smallest absolute Gasteiger partial charge is 0.409 e. The predicted molar refractivity (Wildman–Crippen MR) is 163 cm³/mol. The number of halogens is 4. The van der Waals surface area contributed by atoms with Crippen LogP contribution in [0.4, 0.5) is 17.3 Å². The van der Waals surface area contributed by atoms with Crippen LogP contribution in [-0.4, -0.2) is 7.25 Å². The molecule has 1 radical (unpaired) electrons. The van der Waals surface area contributed by atoms with Crippen molar-refractivity contribution in [3.8, 4) is 17.2 Å². The second-order valence-electron chi connectivity index (χ2n) is 8.19. The summed E-state index contributed by atoms with van der Waals surface area (Å²) in [7, 11) is -7.59. The van der Waals surface area contributed by atoms with Crippen LogP contribution in [0.5, 0.6) is 17.2 Å². The summed E-state index contributed by atoms with van der Waals surface area (Å²) in [5, 5.41) is 0. The number of hydrogen-bond donors (Lipinski definition) is 0. The first-order valence-corrected chi connectivity index (χ1v) is 14.0. The maximum Gasteiger partial charge on any atom is 0.530 e. The van der Waals surface area contributed by atoms with Crippen LogP contribution < -0.4 is 13.6 Å². The summed E-state index contributed by atoms with van der Waals surface area (Å²) in [5.74, 6) is 2.68. The summed E-state index contributed by atoms with van der Waals surface area (Å²) in [6, 6.07) is 39.1. The molecule has 12 heteroatoms. The fourth-order valence-electron chi connectivity index (χ4n) is 3.35. The normalized spacial score (nSPS) is 11.4. The average molecular weight is 678 g/mol. The Labute approximate surface area is 272 Å². The van der Waals surface area contributed by atoms with Crippen molar-refractivity contribution in [1.82, 2.24) is 0 Å². The van der Waals surface area contributed by atoms with E-state index in [4.69, 9.17) is 22.9 Å². The van der Waals surface area contributed by atoms with Gasteiger partial charge in [0, 0.05) is 17.1 Å². The first kappa shape index (κ1) is 41.0. The molecular formula is C33H28BF4FeO5P-. The third-order valence-corrected chi connectivity index (χ3v) is 6.17. The van der Waals surface area contributed by atoms with Crippen LogP contribution in [0.2, 0.25) is 0 Å². The Balaban J connectivity index is 0.000000716. The molecular weight excluding hydrogens is 650 g/mol. The zero-order valence-corrected chi connectivity index (χ0v) is 25.6. The van der Waals surface area contributed by atoms with Crippen molar-refractivity contribution in [2.45, 2.75) is 12.3 Å². The van der Waals surface area contributed by atoms with Crippen molar-refractivity contribution in [2.24, 2.45) is 0 Å². The van der Waals surface area contributed by atoms with E-state index in [2.05, 4.69) is 74.4 Å². The van der Waals surface area contributed by atoms with Gasteiger partial charge in [0.15, 0.2) is 0 Å². The van der Waals surface area contributed by atoms with Crippen molar-refractivity contribution < 1.29 is 57.2 Å². The minimum absolute atomic E-state index is 0. The molecule has 1 aliphatic carbocycles. The Bertz CT molecular complexity index is 1250. The zero-order valence-electron chi connectivity index (χ0n) is 23.6. The van der Waals surface area contributed by atoms with E-state index in [1.807, 2.05) is 91.0 Å². The fourth-order valence-corrected chi connectivity index (χ4v) is 4.34. The summed E-state index contributed by atoms with van der Waals surface area (Å²) >= 11 is 0. The van der Waals surface area contributed by atoms with E-state index < -0.39 is 15.9 Å². The molecule has 0 amide bonds. The van der Waals surface area contributed by atoms with Gasteiger partial charge in [-0.1, -0.05) is 109 Å². The van der Waals surface area contributed by atoms with Crippen LogP contribution in [0.25, 0.3) is 0 Å². The predicted octanol–water partition coefficient (Wildman–Crippen LogP) is 10.2. The molecule has 5 rings (SSSR count). The quantitative estimate of drug-likeness (QED) is 0.0643. The second kappa shape index (κ2) is 25.3. The topological polar surface area (TPSA) is 67.5 Å². The van der Waals surface area contributed by atoms with Gasteiger partial charge in [-0.3, -0.25) is 0 Å². The largest absolute Gasteiger partial charge is 0.530 e. The van der Waals surface area contributed by atoms with E-state index >= 15 is 0 Å². The van der Waals surface area contributed by atoms with Crippen molar-refractivity contribution in [2.75, 3.05) is 0 Å². The second-order valence-corrected chi connectivity index (χ2v) is 9.18. The van der Waals surface area contributed by atoms with E-state index in [-0.39, 0.29) is 17.1 Å². The van der Waals surface area contributed by atoms with Gasteiger partial charge in [0.25, 0.3) is 0 Å². The molecule has 0 aliphatic heterocycles. The van der Waals surface area contributed by atoms with Crippen molar-refractivity contribution in [3.63, 3.8) is 0 Å². The standard InChI is InChI=1S/C18H15O3P.C13H13.2CO.BF4.Fe/c1-4-10-16(11-5-1)19-22(20-17-12-6-2-7-13-17)21-18-14-8-3-9-15-18;1-2-5-9-12(8-4-1)13-10-6-3-7-11-13;2*1-2;2-1(3,4)5;/h1-15H;1-8,10-12H,9H2;;;;/q;;;;-1;/t;12-;;;;/m.0..../s1. The number of rotatable bonds is 7. The van der Waals surface area contributed by atoms with E-state index in [0.717, 1.165) is 6.42 Å². The van der Waals surface area contributed by atoms with Gasteiger partial charge in [-0.15, -0.1) is 0 Å². The van der Waals surface area contributed by atoms with Crippen LogP contribution in [0, 0.1) is 19.7 Å². The molecule has 4 aromatic rings. The summed E-state index contributed by atoms with van der Waals surface area (Å²) in [6.45, 7) is 9.00. The van der Waals surface area contributed by atoms with E-state index in [9.17, 15) is 17.3 Å². The van der Waals surface area contributed by atoms with Crippen LogP contribution in [-0.2, 0) is 26.4 Å². The molecule has 235 valence electrons. The van der Waals surface area contributed by atoms with Gasteiger partial charge in [-0.05, 0) is 60.7 Å². The number of allylic oxidation sites excluding steroid dienone is 4. The van der Waals surface area contributed by atoms with Crippen LogP contribution >= 0.6 is 8.60 Å². The van der Waals surface area contributed by atoms with E-state index in [1.165, 1.54) is 5.56 Å². The molecule has 0 bridgehead atoms. The summed E-state index contributed by atoms with van der Waals surface area (Å²) < 4.78 is 71.5. The van der Waals surface area contributed by atoms with Gasteiger partial charge in [0.05, 0.1) is 0 Å². The molecule has 0 spiro atoms. The SMILES string of the molecule is F[B-](F)(F)F.[C-]#[O+].[C-]#[O+].[CH]1C=CC=CC[C@H]1c1ccccc1.[Fe].c1ccc(OP(Oc2ccccc2)Oc2ccccc2)cc1. The Morgan fingerprint density at radius 2 is 0.889 bits per heavy atom. The van der Waals surface area contributed by atoms with Gasteiger partial charge in [-0.2, -0.15) is 0 Å². The Hall–Kier alpha value is -4.03. The van der Waals surface area contributed by atoms with E-state index in [1.54, 1.807) is 0 Å². The van der Waals surface area contributed by atoms with Crippen LogP contribution in [0.1, 0.15) is 17.9 Å². The summed E-state index contributed by atoms with van der Waals surface area (Å²) in [6.07, 6.45) is 11.9. The third-order valence-electron chi connectivity index (χ3n) is 5.09. The molecule has 0 saturated heterocycles. The number of benzene rings is 4. The van der Waals surface area contributed by atoms with Gasteiger partial charge in [0.2, 0.25) is 0 Å². The minimum Gasteiger partial charge on any atom is -0.409 e. The molecule has 1 aliphatic rings. The Morgan fingerprint density at radius 1 is 0.556 bits per heavy atom. The van der Waals surface area contributed by atoms with Crippen LogP contribution in [0.3, 0.4) is 0 Å². The molecule has 5 nitrogen and oxygen atoms in total. The molecule has 0 saturated carbocycles. The maximum absolute atomic E-state index is 9.75. The Kier molecular flexibility index (Phi) is 23.1. The molecule has 45 heavy (non-hydrogen) atoms. The maximum atomic E-state index is 9.75. The van der Waals surface area contributed by atoms with Gasteiger partial charge in [-0.25, -0.2) is 0 Å². The molecule has 0 heterocycles. The molecule has 4 aromatic carbocycles. The van der Waals surface area contributed by atoms with Crippen molar-refractivity contribution in [3.05, 3.63) is 171 Å². The van der Waals surface area contributed by atoms with Crippen molar-refractivity contribution >= 4 is 15.9 Å². The number of para-hydroxylation sites is 3. The number of hydrogen-bond acceptors (Lipinski definition) is 3. The van der Waals surface area contributed by atoms with Gasteiger partial charge < -0.3 is 30.8 Å². The monoisotopic (exact) mass is 678 g/mol. The molecule has 0 unspecified atom stereocenters. The molecule has 0 N–H and O–H groups in total. The zero-order chi connectivity index (χ0) is 32.5. The Morgan fingerprint density at radius 3 is 1.24 bits per heavy atom. The first-order valence-electron chi connectivity index (χ1n) is 12.9. The molecule has 1 atom stereocenters. The van der Waals surface area contributed by atoms with Crippen molar-refractivity contribution in [1.29, 1.82) is 0 Å². The minimum atomic E-state index is -6.00. The third kappa shape index (κ3) is 20.5. The van der Waals surface area contributed by atoms with Gasteiger partial charge >= 0.3 is 38.5 Å². The fraction of sp³-hybridized carbons (Fsp3) is 0.0606. The average Bonchev–Trinajstić information content (AvgIpc) is 3.35. The van der Waals surface area contributed by atoms with Gasteiger partial charge in [0.1, 0.15) is 17.2 Å². The molecule has 0 fully saturated rings. The summed E-state index contributed by atoms with van der Waals surface area (Å²) in [5.41, 5.74) is 1.40. The molecule has 0 aromatic heterocycles. The van der Waals surface area contributed by atoms with Crippen LogP contribution in [0.15, 0.2) is 146 Å². The van der Waals surface area contributed by atoms with E-state index in [0.29, 0.717) is 23.2 Å².